The molecule has 8 heteroatoms. The van der Waals surface area contributed by atoms with Crippen LogP contribution in [0.4, 0.5) is 5.13 Å². The largest absolute Gasteiger partial charge is 0.300 e. The summed E-state index contributed by atoms with van der Waals surface area (Å²) in [6.07, 6.45) is 0. The lowest BCUT2D eigenvalue weighted by molar-refractivity contribution is -0.120. The van der Waals surface area contributed by atoms with Crippen molar-refractivity contribution in [2.24, 2.45) is 5.92 Å². The van der Waals surface area contributed by atoms with Gasteiger partial charge in [0.2, 0.25) is 0 Å². The third kappa shape index (κ3) is 3.19. The predicted molar refractivity (Wildman–Crippen MR) is 106 cm³/mol. The maximum atomic E-state index is 12.9. The topological polar surface area (TPSA) is 89.8 Å². The Bertz CT molecular complexity index is 1160. The molecule has 0 radical (unpaired) electrons. The van der Waals surface area contributed by atoms with E-state index in [9.17, 15) is 9.59 Å². The number of aromatic nitrogens is 4. The number of para-hydroxylation sites is 1. The van der Waals surface area contributed by atoms with E-state index in [0.717, 1.165) is 14.9 Å². The van der Waals surface area contributed by atoms with Gasteiger partial charge in [-0.1, -0.05) is 54.7 Å². The third-order valence-electron chi connectivity index (χ3n) is 4.28. The first-order valence-electron chi connectivity index (χ1n) is 8.55. The monoisotopic (exact) mass is 379 g/mol. The Morgan fingerprint density at radius 1 is 1.07 bits per heavy atom. The molecule has 27 heavy (non-hydrogen) atoms. The summed E-state index contributed by atoms with van der Waals surface area (Å²) in [4.78, 5) is 30.2. The van der Waals surface area contributed by atoms with Crippen molar-refractivity contribution in [2.75, 3.05) is 5.32 Å². The summed E-state index contributed by atoms with van der Waals surface area (Å²) in [6, 6.07) is 13.8. The minimum absolute atomic E-state index is 0.160. The van der Waals surface area contributed by atoms with E-state index < -0.39 is 6.04 Å². The van der Waals surface area contributed by atoms with Crippen molar-refractivity contribution in [1.82, 2.24) is 20.0 Å². The Morgan fingerprint density at radius 2 is 1.78 bits per heavy atom. The van der Waals surface area contributed by atoms with Gasteiger partial charge >= 0.3 is 0 Å². The van der Waals surface area contributed by atoms with Crippen molar-refractivity contribution in [3.05, 3.63) is 58.9 Å². The molecule has 0 aliphatic heterocycles. The average molecular weight is 379 g/mol. The molecule has 0 saturated carbocycles. The summed E-state index contributed by atoms with van der Waals surface area (Å²) in [5, 5.41) is 11.9. The Kier molecular flexibility index (Phi) is 4.41. The summed E-state index contributed by atoms with van der Waals surface area (Å²) in [5.41, 5.74) is 0.994. The van der Waals surface area contributed by atoms with E-state index in [4.69, 9.17) is 0 Å². The summed E-state index contributed by atoms with van der Waals surface area (Å²) in [5.74, 6) is -0.497. The van der Waals surface area contributed by atoms with E-state index >= 15 is 0 Å². The molecule has 136 valence electrons. The van der Waals surface area contributed by atoms with Gasteiger partial charge in [-0.2, -0.15) is 4.68 Å². The zero-order valence-electron chi connectivity index (χ0n) is 14.8. The fourth-order valence-electron chi connectivity index (χ4n) is 2.99. The number of nitrogens with zero attached hydrogens (tertiary/aromatic N) is 4. The smallest absolute Gasteiger partial charge is 0.278 e. The second-order valence-corrected chi connectivity index (χ2v) is 7.55. The fourth-order valence-corrected chi connectivity index (χ4v) is 3.85. The van der Waals surface area contributed by atoms with Crippen molar-refractivity contribution in [3.8, 4) is 0 Å². The highest BCUT2D eigenvalue weighted by Crippen LogP contribution is 2.27. The minimum Gasteiger partial charge on any atom is -0.300 e. The number of fused-ring (bicyclic) bond motifs is 2. The maximum Gasteiger partial charge on any atom is 0.278 e. The predicted octanol–water partition coefficient (Wildman–Crippen LogP) is 3.24. The number of nitrogens with one attached hydrogen (secondary N) is 1. The molecule has 2 heterocycles. The Morgan fingerprint density at radius 3 is 2.52 bits per heavy atom. The maximum absolute atomic E-state index is 12.9. The molecule has 4 rings (SSSR count). The van der Waals surface area contributed by atoms with E-state index in [-0.39, 0.29) is 17.4 Å². The molecule has 4 aromatic rings. The normalized spacial score (nSPS) is 12.6. The Labute approximate surface area is 158 Å². The van der Waals surface area contributed by atoms with Crippen molar-refractivity contribution in [1.29, 1.82) is 0 Å². The summed E-state index contributed by atoms with van der Waals surface area (Å²) in [7, 11) is 0. The number of hydrogen-bond donors (Lipinski definition) is 1. The summed E-state index contributed by atoms with van der Waals surface area (Å²) < 4.78 is 2.15. The molecule has 1 unspecified atom stereocenters. The van der Waals surface area contributed by atoms with Gasteiger partial charge < -0.3 is 5.32 Å². The highest BCUT2D eigenvalue weighted by Gasteiger charge is 2.28. The van der Waals surface area contributed by atoms with Crippen LogP contribution in [0.25, 0.3) is 21.1 Å². The quantitative estimate of drug-likeness (QED) is 0.588. The van der Waals surface area contributed by atoms with E-state index in [1.165, 1.54) is 11.3 Å². The van der Waals surface area contributed by atoms with Gasteiger partial charge in [-0.05, 0) is 30.2 Å². The summed E-state index contributed by atoms with van der Waals surface area (Å²) in [6.45, 7) is 3.73. The van der Waals surface area contributed by atoms with Gasteiger partial charge in [0.1, 0.15) is 11.6 Å². The molecular weight excluding hydrogens is 362 g/mol. The van der Waals surface area contributed by atoms with Crippen LogP contribution in [0, 0.1) is 5.92 Å². The van der Waals surface area contributed by atoms with Gasteiger partial charge in [-0.15, -0.1) is 5.10 Å². The lowest BCUT2D eigenvalue weighted by atomic mass is 10.0. The van der Waals surface area contributed by atoms with Gasteiger partial charge in [-0.25, -0.2) is 4.98 Å². The SMILES string of the molecule is CC(C)C(C(=O)Nc1nc2ccccc2s1)n1nnc2ccccc2c1=O. The molecule has 2 aromatic carbocycles. The van der Waals surface area contributed by atoms with Crippen LogP contribution in [0.2, 0.25) is 0 Å². The van der Waals surface area contributed by atoms with Crippen LogP contribution in [0.3, 0.4) is 0 Å². The number of thiazole rings is 1. The van der Waals surface area contributed by atoms with Crippen LogP contribution in [0.15, 0.2) is 53.3 Å². The minimum atomic E-state index is -0.790. The molecule has 2 aromatic heterocycles. The molecule has 0 spiro atoms. The van der Waals surface area contributed by atoms with Gasteiger partial charge in [0.15, 0.2) is 5.13 Å². The van der Waals surface area contributed by atoms with Crippen LogP contribution < -0.4 is 10.9 Å². The molecule has 1 amide bonds. The number of hydrogen-bond acceptors (Lipinski definition) is 6. The molecule has 7 nitrogen and oxygen atoms in total. The van der Waals surface area contributed by atoms with Crippen molar-refractivity contribution >= 4 is 43.5 Å². The fraction of sp³-hybridized carbons (Fsp3) is 0.211. The van der Waals surface area contributed by atoms with Gasteiger partial charge in [-0.3, -0.25) is 9.59 Å². The highest BCUT2D eigenvalue weighted by atomic mass is 32.1. The van der Waals surface area contributed by atoms with Crippen LogP contribution in [0.5, 0.6) is 0 Å². The Balaban J connectivity index is 1.71. The first-order valence-corrected chi connectivity index (χ1v) is 9.37. The molecular formula is C19H17N5O2S. The van der Waals surface area contributed by atoms with Crippen LogP contribution in [-0.4, -0.2) is 25.9 Å². The first-order chi connectivity index (χ1) is 13.0. The van der Waals surface area contributed by atoms with E-state index in [0.29, 0.717) is 16.0 Å². The second-order valence-electron chi connectivity index (χ2n) is 6.52. The van der Waals surface area contributed by atoms with Crippen molar-refractivity contribution in [3.63, 3.8) is 0 Å². The average Bonchev–Trinajstić information content (AvgIpc) is 3.06. The zero-order valence-corrected chi connectivity index (χ0v) is 15.6. The van der Waals surface area contributed by atoms with E-state index in [1.807, 2.05) is 38.1 Å². The standard InChI is InChI=1S/C19H17N5O2S/c1-11(2)16(24-18(26)12-7-3-4-8-13(12)22-23-24)17(25)21-19-20-14-9-5-6-10-15(14)27-19/h3-11,16H,1-2H3,(H,20,21,25). The molecule has 0 bridgehead atoms. The van der Waals surface area contributed by atoms with Crippen molar-refractivity contribution in [2.45, 2.75) is 19.9 Å². The molecule has 0 aliphatic carbocycles. The third-order valence-corrected chi connectivity index (χ3v) is 5.23. The number of carbonyl (C=O) groups excluding carboxylic acids is 1. The van der Waals surface area contributed by atoms with Gasteiger partial charge in [0, 0.05) is 0 Å². The molecule has 0 fully saturated rings. The molecule has 0 saturated heterocycles. The number of carbonyl (C=O) groups is 1. The molecule has 1 atom stereocenters. The molecule has 1 N–H and O–H groups in total. The zero-order chi connectivity index (χ0) is 19.0. The van der Waals surface area contributed by atoms with E-state index in [1.54, 1.807) is 24.3 Å². The number of anilines is 1. The van der Waals surface area contributed by atoms with Crippen LogP contribution in [0.1, 0.15) is 19.9 Å². The van der Waals surface area contributed by atoms with Gasteiger partial charge in [0.05, 0.1) is 15.6 Å². The highest BCUT2D eigenvalue weighted by molar-refractivity contribution is 7.22. The van der Waals surface area contributed by atoms with Crippen molar-refractivity contribution < 1.29 is 4.79 Å². The summed E-state index contributed by atoms with van der Waals surface area (Å²) >= 11 is 1.39. The lowest BCUT2D eigenvalue weighted by Crippen LogP contribution is -2.38. The first kappa shape index (κ1) is 17.3. The second kappa shape index (κ2) is 6.88. The molecule has 0 aliphatic rings. The number of rotatable bonds is 4. The lowest BCUT2D eigenvalue weighted by Gasteiger charge is -2.20. The van der Waals surface area contributed by atoms with Crippen LogP contribution >= 0.6 is 11.3 Å². The van der Waals surface area contributed by atoms with E-state index in [2.05, 4.69) is 20.6 Å². The van der Waals surface area contributed by atoms with Crippen LogP contribution in [-0.2, 0) is 4.79 Å². The van der Waals surface area contributed by atoms with Gasteiger partial charge in [0.25, 0.3) is 11.5 Å². The number of benzene rings is 2. The Hall–Kier alpha value is -3.13. The number of amides is 1.